The molecule has 1 heterocycles. The molecule has 20 heavy (non-hydrogen) atoms. The number of hydrogen-bond donors (Lipinski definition) is 0. The molecule has 0 aliphatic carbocycles. The fourth-order valence-corrected chi connectivity index (χ4v) is 2.46. The second-order valence-electron chi connectivity index (χ2n) is 5.10. The van der Waals surface area contributed by atoms with E-state index in [-0.39, 0.29) is 0 Å². The summed E-state index contributed by atoms with van der Waals surface area (Å²) in [7, 11) is 1.14. The molecule has 0 N–H and O–H groups in total. The molecule has 2 aromatic rings. The van der Waals surface area contributed by atoms with E-state index in [0.29, 0.717) is 0 Å². The molecule has 4 nitrogen and oxygen atoms in total. The lowest BCUT2D eigenvalue weighted by atomic mass is 10.2. The summed E-state index contributed by atoms with van der Waals surface area (Å²) < 4.78 is 7.85. The molecule has 1 aromatic carbocycles. The number of benzene rings is 1. The molecule has 1 aromatic heterocycles. The lowest BCUT2D eigenvalue weighted by molar-refractivity contribution is 0.581. The van der Waals surface area contributed by atoms with Crippen LogP contribution < -0.4 is 4.43 Å². The lowest BCUT2D eigenvalue weighted by Gasteiger charge is -2.12. The second kappa shape index (κ2) is 6.05. The van der Waals surface area contributed by atoms with E-state index >= 15 is 0 Å². The number of rotatable bonds is 4. The highest BCUT2D eigenvalue weighted by Gasteiger charge is 2.08. The highest BCUT2D eigenvalue weighted by molar-refractivity contribution is 6.49. The third-order valence-electron chi connectivity index (χ3n) is 2.79. The largest absolute Gasteiger partial charge is 0.541 e. The van der Waals surface area contributed by atoms with Crippen LogP contribution in [0.3, 0.4) is 0 Å². The van der Waals surface area contributed by atoms with Gasteiger partial charge in [0.15, 0.2) is 0 Å². The number of aliphatic imine (C=N–C) groups is 1. The molecule has 0 aliphatic heterocycles. The van der Waals surface area contributed by atoms with Crippen LogP contribution in [-0.2, 0) is 7.05 Å². The van der Waals surface area contributed by atoms with Crippen LogP contribution in [0, 0.1) is 6.92 Å². The zero-order valence-corrected chi connectivity index (χ0v) is 13.6. The molecule has 0 aliphatic rings. The second-order valence-corrected chi connectivity index (χ2v) is 7.12. The average molecular weight is 286 g/mol. The Morgan fingerprint density at radius 3 is 2.70 bits per heavy atom. The van der Waals surface area contributed by atoms with Gasteiger partial charge in [-0.15, -0.1) is 0 Å². The summed E-state index contributed by atoms with van der Waals surface area (Å²) in [6, 6.07) is 6.10. The fraction of sp³-hybridized carbons (Fsp3) is 0.333. The fourth-order valence-electron chi connectivity index (χ4n) is 1.85. The summed E-state index contributed by atoms with van der Waals surface area (Å²) in [6.45, 7) is 8.26. The van der Waals surface area contributed by atoms with Gasteiger partial charge in [-0.05, 0) is 44.6 Å². The van der Waals surface area contributed by atoms with Crippen LogP contribution in [0.2, 0.25) is 13.1 Å². The van der Waals surface area contributed by atoms with Crippen molar-refractivity contribution in [3.05, 3.63) is 42.0 Å². The monoisotopic (exact) mass is 286 g/mol. The molecule has 0 atom stereocenters. The molecule has 0 unspecified atom stereocenters. The molecule has 0 saturated carbocycles. The van der Waals surface area contributed by atoms with Crippen LogP contribution >= 0.6 is 0 Å². The van der Waals surface area contributed by atoms with E-state index in [0.717, 1.165) is 22.8 Å². The van der Waals surface area contributed by atoms with Gasteiger partial charge in [0.2, 0.25) is 0 Å². The van der Waals surface area contributed by atoms with E-state index in [9.17, 15) is 0 Å². The first kappa shape index (κ1) is 14.5. The summed E-state index contributed by atoms with van der Waals surface area (Å²) in [5, 5.41) is 0. The van der Waals surface area contributed by atoms with Gasteiger partial charge in [0, 0.05) is 13.2 Å². The van der Waals surface area contributed by atoms with Gasteiger partial charge in [-0.2, -0.15) is 0 Å². The Kier molecular flexibility index (Phi) is 4.39. The van der Waals surface area contributed by atoms with Crippen LogP contribution in [0.5, 0.6) is 5.75 Å². The predicted molar refractivity (Wildman–Crippen MR) is 84.4 cm³/mol. The van der Waals surface area contributed by atoms with Gasteiger partial charge >= 0.3 is 0 Å². The Morgan fingerprint density at radius 2 is 2.10 bits per heavy atom. The molecule has 0 fully saturated rings. The normalized spacial score (nSPS) is 12.0. The zero-order chi connectivity index (χ0) is 14.7. The molecule has 0 amide bonds. The van der Waals surface area contributed by atoms with Gasteiger partial charge < -0.3 is 8.99 Å². The highest BCUT2D eigenvalue weighted by atomic mass is 28.3. The van der Waals surface area contributed by atoms with Gasteiger partial charge in [-0.25, -0.2) is 9.98 Å². The van der Waals surface area contributed by atoms with Crippen molar-refractivity contribution in [2.75, 3.05) is 0 Å². The van der Waals surface area contributed by atoms with E-state index in [4.69, 9.17) is 4.43 Å². The summed E-state index contributed by atoms with van der Waals surface area (Å²) >= 11 is 0. The van der Waals surface area contributed by atoms with Crippen molar-refractivity contribution in [1.29, 1.82) is 0 Å². The Hall–Kier alpha value is -1.88. The van der Waals surface area contributed by atoms with Crippen LogP contribution in [0.25, 0.3) is 0 Å². The van der Waals surface area contributed by atoms with Gasteiger partial charge in [-0.1, -0.05) is 6.07 Å². The maximum absolute atomic E-state index is 5.94. The first-order chi connectivity index (χ1) is 9.45. The molecule has 0 saturated heterocycles. The molecule has 5 heteroatoms. The number of nitrogens with zero attached hydrogens (tertiary/aromatic N) is 3. The zero-order valence-electron chi connectivity index (χ0n) is 12.6. The molecular formula is C15H20N3OSi. The van der Waals surface area contributed by atoms with Crippen molar-refractivity contribution < 1.29 is 4.43 Å². The Balaban J connectivity index is 2.36. The molecule has 0 spiro atoms. The third kappa shape index (κ3) is 3.57. The molecule has 0 bridgehead atoms. The number of hydrogen-bond acceptors (Lipinski definition) is 3. The first-order valence-electron chi connectivity index (χ1n) is 6.58. The molecule has 1 radical (unpaired) electrons. The maximum Gasteiger partial charge on any atom is 0.274 e. The standard InChI is InChI=1S/C15H20N3OSi/c1-11-6-7-13(15(8-11)19-20(4)5)17-12(2)14-9-18(3)10-16-14/h6-10H,1-5H3. The predicted octanol–water partition coefficient (Wildman–Crippen LogP) is 3.50. The number of aryl methyl sites for hydroxylation is 2. The average Bonchev–Trinajstić information content (AvgIpc) is 2.78. The minimum Gasteiger partial charge on any atom is -0.541 e. The van der Waals surface area contributed by atoms with Gasteiger partial charge in [0.05, 0.1) is 12.0 Å². The van der Waals surface area contributed by atoms with Crippen molar-refractivity contribution >= 4 is 20.4 Å². The van der Waals surface area contributed by atoms with Crippen LogP contribution in [-0.4, -0.2) is 24.3 Å². The van der Waals surface area contributed by atoms with Crippen LogP contribution in [0.1, 0.15) is 18.2 Å². The molecule has 105 valence electrons. The summed E-state index contributed by atoms with van der Waals surface area (Å²) in [4.78, 5) is 8.99. The van der Waals surface area contributed by atoms with Crippen molar-refractivity contribution in [2.24, 2.45) is 12.0 Å². The highest BCUT2D eigenvalue weighted by Crippen LogP contribution is 2.29. The molecular weight excluding hydrogens is 266 g/mol. The first-order valence-corrected chi connectivity index (χ1v) is 8.99. The lowest BCUT2D eigenvalue weighted by Crippen LogP contribution is -2.11. The third-order valence-corrected chi connectivity index (χ3v) is 3.42. The number of imidazole rings is 1. The molecule has 2 rings (SSSR count). The Bertz CT molecular complexity index is 632. The van der Waals surface area contributed by atoms with E-state index in [1.165, 1.54) is 5.56 Å². The Morgan fingerprint density at radius 1 is 1.35 bits per heavy atom. The van der Waals surface area contributed by atoms with Gasteiger partial charge in [0.25, 0.3) is 9.04 Å². The maximum atomic E-state index is 5.94. The number of aromatic nitrogens is 2. The van der Waals surface area contributed by atoms with E-state index in [2.05, 4.69) is 36.1 Å². The summed E-state index contributed by atoms with van der Waals surface area (Å²) in [5.74, 6) is 0.860. The summed E-state index contributed by atoms with van der Waals surface area (Å²) in [5.41, 5.74) is 3.82. The van der Waals surface area contributed by atoms with Gasteiger partial charge in [0.1, 0.15) is 17.1 Å². The topological polar surface area (TPSA) is 39.4 Å². The van der Waals surface area contributed by atoms with E-state index in [1.807, 2.05) is 36.9 Å². The van der Waals surface area contributed by atoms with E-state index in [1.54, 1.807) is 6.33 Å². The van der Waals surface area contributed by atoms with E-state index < -0.39 is 9.04 Å². The quantitative estimate of drug-likeness (QED) is 0.637. The smallest absolute Gasteiger partial charge is 0.274 e. The van der Waals surface area contributed by atoms with Crippen molar-refractivity contribution in [3.63, 3.8) is 0 Å². The Labute approximate surface area is 121 Å². The SMILES string of the molecule is CC(=Nc1ccc(C)cc1O[Si](C)C)c1cn(C)cn1. The van der Waals surface area contributed by atoms with Crippen LogP contribution in [0.15, 0.2) is 35.7 Å². The van der Waals surface area contributed by atoms with Crippen molar-refractivity contribution in [2.45, 2.75) is 26.9 Å². The van der Waals surface area contributed by atoms with Crippen LogP contribution in [0.4, 0.5) is 5.69 Å². The summed E-state index contributed by atoms with van der Waals surface area (Å²) in [6.07, 6.45) is 3.74. The van der Waals surface area contributed by atoms with Crippen molar-refractivity contribution in [1.82, 2.24) is 9.55 Å². The van der Waals surface area contributed by atoms with Crippen molar-refractivity contribution in [3.8, 4) is 5.75 Å². The minimum absolute atomic E-state index is 0.810. The minimum atomic E-state index is -0.810. The van der Waals surface area contributed by atoms with Gasteiger partial charge in [-0.3, -0.25) is 0 Å².